The Morgan fingerprint density at radius 3 is 1.83 bits per heavy atom. The fourth-order valence-electron chi connectivity index (χ4n) is 7.10. The van der Waals surface area contributed by atoms with Crippen LogP contribution in [0.2, 0.25) is 0 Å². The summed E-state index contributed by atoms with van der Waals surface area (Å²) in [6.45, 7) is 0. The number of rotatable bonds is 4. The van der Waals surface area contributed by atoms with Gasteiger partial charge in [-0.15, -0.1) is 0 Å². The summed E-state index contributed by atoms with van der Waals surface area (Å²) in [5.74, 6) is 1.79. The number of nitrogens with zero attached hydrogens (tertiary/aromatic N) is 4. The first-order chi connectivity index (χ1) is 23.8. The van der Waals surface area contributed by atoms with E-state index in [0.29, 0.717) is 17.6 Å². The third kappa shape index (κ3) is 4.08. The number of aromatic nitrogens is 4. The molecular weight excluding hydrogens is 589 g/mol. The quantitative estimate of drug-likeness (QED) is 0.198. The summed E-state index contributed by atoms with van der Waals surface area (Å²) in [5.41, 5.74) is 7.88. The molecule has 0 unspecified atom stereocenters. The van der Waals surface area contributed by atoms with Gasteiger partial charge in [-0.3, -0.25) is 4.57 Å². The SMILES string of the molecule is c1ccc(-c2nc(-c3ccc4oc5cccc(-c6cccc7ccccc67)c5c4c3)nc(-n3c4ccccc4c4ccccc43)n2)cc1. The molecule has 224 valence electrons. The Labute approximate surface area is 275 Å². The molecule has 0 saturated heterocycles. The molecule has 0 saturated carbocycles. The molecule has 10 aromatic rings. The summed E-state index contributed by atoms with van der Waals surface area (Å²) in [7, 11) is 0. The second-order valence-electron chi connectivity index (χ2n) is 12.0. The van der Waals surface area contributed by atoms with Gasteiger partial charge in [0.1, 0.15) is 11.2 Å². The van der Waals surface area contributed by atoms with Crippen molar-refractivity contribution in [2.45, 2.75) is 0 Å². The Balaban J connectivity index is 1.23. The normalized spacial score (nSPS) is 11.8. The zero-order valence-corrected chi connectivity index (χ0v) is 25.7. The minimum atomic E-state index is 0.574. The van der Waals surface area contributed by atoms with Gasteiger partial charge in [-0.1, -0.05) is 121 Å². The smallest absolute Gasteiger partial charge is 0.238 e. The van der Waals surface area contributed by atoms with Crippen LogP contribution in [0.3, 0.4) is 0 Å². The van der Waals surface area contributed by atoms with Crippen LogP contribution in [0.25, 0.3) is 94.4 Å². The zero-order chi connectivity index (χ0) is 31.6. The van der Waals surface area contributed by atoms with Gasteiger partial charge in [0.05, 0.1) is 11.0 Å². The maximum Gasteiger partial charge on any atom is 0.238 e. The van der Waals surface area contributed by atoms with Crippen LogP contribution in [0, 0.1) is 0 Å². The third-order valence-electron chi connectivity index (χ3n) is 9.27. The molecule has 48 heavy (non-hydrogen) atoms. The van der Waals surface area contributed by atoms with Gasteiger partial charge in [-0.2, -0.15) is 9.97 Å². The fourth-order valence-corrected chi connectivity index (χ4v) is 7.10. The number of furan rings is 1. The molecule has 0 N–H and O–H groups in total. The highest BCUT2D eigenvalue weighted by molar-refractivity contribution is 6.16. The van der Waals surface area contributed by atoms with Crippen LogP contribution in [-0.2, 0) is 0 Å². The summed E-state index contributed by atoms with van der Waals surface area (Å²) in [6, 6.07) is 54.4. The first-order valence-corrected chi connectivity index (χ1v) is 16.0. The standard InChI is InChI=1S/C43H26N4O/c1-2-13-28(14-3-1)41-44-42(46-43(45-41)47-36-21-8-6-17-32(36)33-18-7-9-22-37(33)47)29-24-25-38-35(26-29)40-34(20-11-23-39(40)48-38)31-19-10-15-27-12-4-5-16-30(27)31/h1-26H. The van der Waals surface area contributed by atoms with Crippen molar-refractivity contribution in [2.24, 2.45) is 0 Å². The van der Waals surface area contributed by atoms with E-state index >= 15 is 0 Å². The van der Waals surface area contributed by atoms with Gasteiger partial charge >= 0.3 is 0 Å². The monoisotopic (exact) mass is 614 g/mol. The molecule has 3 heterocycles. The minimum Gasteiger partial charge on any atom is -0.456 e. The molecule has 0 aliphatic carbocycles. The molecule has 10 rings (SSSR count). The van der Waals surface area contributed by atoms with E-state index in [-0.39, 0.29) is 0 Å². The molecule has 3 aromatic heterocycles. The lowest BCUT2D eigenvalue weighted by Gasteiger charge is -2.11. The summed E-state index contributed by atoms with van der Waals surface area (Å²) in [6.07, 6.45) is 0. The number of para-hydroxylation sites is 2. The van der Waals surface area contributed by atoms with Crippen LogP contribution in [0.15, 0.2) is 162 Å². The van der Waals surface area contributed by atoms with Crippen molar-refractivity contribution in [2.75, 3.05) is 0 Å². The van der Waals surface area contributed by atoms with Crippen LogP contribution >= 0.6 is 0 Å². The molecule has 0 fully saturated rings. The highest BCUT2D eigenvalue weighted by atomic mass is 16.3. The van der Waals surface area contributed by atoms with Crippen LogP contribution in [0.4, 0.5) is 0 Å². The first kappa shape index (κ1) is 26.6. The maximum atomic E-state index is 6.43. The van der Waals surface area contributed by atoms with Crippen molar-refractivity contribution >= 4 is 54.5 Å². The van der Waals surface area contributed by atoms with Crippen molar-refractivity contribution in [3.05, 3.63) is 158 Å². The van der Waals surface area contributed by atoms with Gasteiger partial charge in [0.15, 0.2) is 11.6 Å². The van der Waals surface area contributed by atoms with E-state index < -0.39 is 0 Å². The second kappa shape index (κ2) is 10.5. The largest absolute Gasteiger partial charge is 0.456 e. The molecule has 0 radical (unpaired) electrons. The third-order valence-corrected chi connectivity index (χ3v) is 9.27. The average Bonchev–Trinajstić information content (AvgIpc) is 3.70. The Morgan fingerprint density at radius 1 is 0.417 bits per heavy atom. The molecule has 0 atom stereocenters. The molecule has 0 spiro atoms. The molecule has 7 aromatic carbocycles. The lowest BCUT2D eigenvalue weighted by atomic mass is 9.94. The lowest BCUT2D eigenvalue weighted by Crippen LogP contribution is -2.06. The zero-order valence-electron chi connectivity index (χ0n) is 25.7. The Morgan fingerprint density at radius 2 is 1.04 bits per heavy atom. The predicted octanol–water partition coefficient (Wildman–Crippen LogP) is 11.0. The Hall–Kier alpha value is -6.59. The summed E-state index contributed by atoms with van der Waals surface area (Å²) < 4.78 is 8.58. The van der Waals surface area contributed by atoms with Crippen molar-refractivity contribution in [1.82, 2.24) is 19.5 Å². The molecule has 0 amide bonds. The van der Waals surface area contributed by atoms with Crippen LogP contribution in [-0.4, -0.2) is 19.5 Å². The highest BCUT2D eigenvalue weighted by Gasteiger charge is 2.19. The van der Waals surface area contributed by atoms with Crippen molar-refractivity contribution < 1.29 is 4.42 Å². The second-order valence-corrected chi connectivity index (χ2v) is 12.0. The number of hydrogen-bond donors (Lipinski definition) is 0. The molecule has 5 heteroatoms. The van der Waals surface area contributed by atoms with Crippen LogP contribution < -0.4 is 0 Å². The van der Waals surface area contributed by atoms with Gasteiger partial charge in [0, 0.05) is 32.7 Å². The van der Waals surface area contributed by atoms with Crippen molar-refractivity contribution in [1.29, 1.82) is 0 Å². The predicted molar refractivity (Wildman–Crippen MR) is 195 cm³/mol. The van der Waals surface area contributed by atoms with E-state index in [1.807, 2.05) is 48.5 Å². The van der Waals surface area contributed by atoms with Crippen LogP contribution in [0.1, 0.15) is 0 Å². The van der Waals surface area contributed by atoms with Gasteiger partial charge in [0.2, 0.25) is 5.95 Å². The number of fused-ring (bicyclic) bond motifs is 7. The first-order valence-electron chi connectivity index (χ1n) is 16.0. The van der Waals surface area contributed by atoms with Crippen molar-refractivity contribution in [3.8, 4) is 39.9 Å². The Bertz CT molecular complexity index is 2790. The molecule has 0 aliphatic rings. The fraction of sp³-hybridized carbons (Fsp3) is 0. The maximum absolute atomic E-state index is 6.43. The molecular formula is C43H26N4O. The van der Waals surface area contributed by atoms with Gasteiger partial charge in [-0.05, 0) is 58.3 Å². The lowest BCUT2D eigenvalue weighted by molar-refractivity contribution is 0.669. The van der Waals surface area contributed by atoms with Gasteiger partial charge < -0.3 is 4.42 Å². The van der Waals surface area contributed by atoms with E-state index in [9.17, 15) is 0 Å². The van der Waals surface area contributed by atoms with Gasteiger partial charge in [-0.25, -0.2) is 4.98 Å². The summed E-state index contributed by atoms with van der Waals surface area (Å²) in [5, 5.41) is 6.82. The van der Waals surface area contributed by atoms with E-state index in [0.717, 1.165) is 60.4 Å². The van der Waals surface area contributed by atoms with E-state index in [4.69, 9.17) is 19.4 Å². The molecule has 0 bridgehead atoms. The number of benzene rings is 7. The van der Waals surface area contributed by atoms with E-state index in [1.165, 1.54) is 16.3 Å². The van der Waals surface area contributed by atoms with E-state index in [1.54, 1.807) is 0 Å². The highest BCUT2D eigenvalue weighted by Crippen LogP contribution is 2.40. The summed E-state index contributed by atoms with van der Waals surface area (Å²) in [4.78, 5) is 15.3. The summed E-state index contributed by atoms with van der Waals surface area (Å²) >= 11 is 0. The minimum absolute atomic E-state index is 0.574. The molecule has 5 nitrogen and oxygen atoms in total. The van der Waals surface area contributed by atoms with Crippen LogP contribution in [0.5, 0.6) is 0 Å². The van der Waals surface area contributed by atoms with Crippen molar-refractivity contribution in [3.63, 3.8) is 0 Å². The number of hydrogen-bond acceptors (Lipinski definition) is 4. The van der Waals surface area contributed by atoms with E-state index in [2.05, 4.69) is 114 Å². The topological polar surface area (TPSA) is 56.7 Å². The molecule has 0 aliphatic heterocycles. The Kier molecular flexibility index (Phi) is 5.81. The van der Waals surface area contributed by atoms with Gasteiger partial charge in [0.25, 0.3) is 0 Å². The average molecular weight is 615 g/mol.